The van der Waals surface area contributed by atoms with Crippen LogP contribution in [0.2, 0.25) is 0 Å². The van der Waals surface area contributed by atoms with Crippen molar-refractivity contribution in [3.8, 4) is 11.8 Å². The van der Waals surface area contributed by atoms with E-state index in [2.05, 4.69) is 16.8 Å². The highest BCUT2D eigenvalue weighted by Gasteiger charge is 1.84. The Morgan fingerprint density at radius 2 is 2.45 bits per heavy atom. The van der Waals surface area contributed by atoms with E-state index in [1.54, 1.807) is 19.3 Å². The van der Waals surface area contributed by atoms with Gasteiger partial charge in [0.25, 0.3) is 0 Å². The van der Waals surface area contributed by atoms with E-state index in [0.717, 1.165) is 5.56 Å². The van der Waals surface area contributed by atoms with E-state index in [-0.39, 0.29) is 0 Å². The maximum atomic E-state index is 8.82. The number of rotatable bonds is 0. The molecule has 0 spiro atoms. The van der Waals surface area contributed by atoms with E-state index in [9.17, 15) is 0 Å². The second kappa shape index (κ2) is 3.75. The van der Waals surface area contributed by atoms with Gasteiger partial charge in [0, 0.05) is 18.0 Å². The average Bonchev–Trinajstić information content (AvgIpc) is 2.03. The summed E-state index contributed by atoms with van der Waals surface area (Å²) < 4.78 is 0. The van der Waals surface area contributed by atoms with Crippen LogP contribution in [0.3, 0.4) is 0 Å². The maximum Gasteiger partial charge on any atom is 0.112 e. The monoisotopic (exact) mass is 147 g/mol. The molecule has 1 aromatic heterocycles. The molecule has 1 N–H and O–H groups in total. The summed E-state index contributed by atoms with van der Waals surface area (Å²) in [7, 11) is 0. The number of nitrogens with zero attached hydrogens (tertiary/aromatic N) is 1. The zero-order chi connectivity index (χ0) is 8.10. The summed E-state index contributed by atoms with van der Waals surface area (Å²) in [5.41, 5.74) is 0.827. The molecule has 0 saturated carbocycles. The van der Waals surface area contributed by atoms with Gasteiger partial charge in [-0.2, -0.15) is 0 Å². The zero-order valence-corrected chi connectivity index (χ0v) is 6.28. The molecular formula is C9H9NO. The molecule has 0 radical (unpaired) electrons. The Morgan fingerprint density at radius 3 is 3.00 bits per heavy atom. The molecule has 1 aromatic rings. The molecule has 11 heavy (non-hydrogen) atoms. The first-order valence-electron chi connectivity index (χ1n) is 3.38. The highest BCUT2D eigenvalue weighted by atomic mass is 16.3. The molecule has 56 valence electrons. The van der Waals surface area contributed by atoms with Crippen LogP contribution in [-0.2, 0) is 0 Å². The maximum absolute atomic E-state index is 8.82. The van der Waals surface area contributed by atoms with Crippen molar-refractivity contribution in [1.82, 2.24) is 4.98 Å². The summed E-state index contributed by atoms with van der Waals surface area (Å²) in [4.78, 5) is 3.88. The van der Waals surface area contributed by atoms with Crippen molar-refractivity contribution in [3.05, 3.63) is 30.1 Å². The molecule has 0 saturated heterocycles. The highest BCUT2D eigenvalue weighted by Crippen LogP contribution is 1.91. The Bertz CT molecular complexity index is 269. The second-order valence-electron chi connectivity index (χ2n) is 2.19. The molecule has 1 rings (SSSR count). The molecule has 0 amide bonds. The summed E-state index contributed by atoms with van der Waals surface area (Å²) in [6.07, 6.45) is 2.78. The molecule has 0 aliphatic carbocycles. The predicted molar refractivity (Wildman–Crippen MR) is 42.8 cm³/mol. The van der Waals surface area contributed by atoms with Crippen molar-refractivity contribution in [3.63, 3.8) is 0 Å². The van der Waals surface area contributed by atoms with Crippen molar-refractivity contribution >= 4 is 0 Å². The van der Waals surface area contributed by atoms with Gasteiger partial charge in [0.15, 0.2) is 0 Å². The van der Waals surface area contributed by atoms with E-state index in [0.29, 0.717) is 0 Å². The van der Waals surface area contributed by atoms with Crippen LogP contribution in [-0.4, -0.2) is 16.2 Å². The minimum Gasteiger partial charge on any atom is -0.381 e. The van der Waals surface area contributed by atoms with Crippen LogP contribution in [0.15, 0.2) is 24.5 Å². The first-order valence-corrected chi connectivity index (χ1v) is 3.38. The minimum absolute atomic E-state index is 0.574. The van der Waals surface area contributed by atoms with Crippen LogP contribution < -0.4 is 0 Å². The SMILES string of the molecule is C[C@H](O)C#Cc1cccnc1. The Balaban J connectivity index is 2.75. The molecule has 0 fully saturated rings. The lowest BCUT2D eigenvalue weighted by molar-refractivity contribution is 0.253. The van der Waals surface area contributed by atoms with Crippen LogP contribution >= 0.6 is 0 Å². The van der Waals surface area contributed by atoms with Crippen LogP contribution in [0.25, 0.3) is 0 Å². The summed E-state index contributed by atoms with van der Waals surface area (Å²) in [6, 6.07) is 3.66. The molecule has 0 aliphatic rings. The van der Waals surface area contributed by atoms with Crippen LogP contribution in [0, 0.1) is 11.8 Å². The molecule has 0 aromatic carbocycles. The van der Waals surface area contributed by atoms with Crippen molar-refractivity contribution in [2.45, 2.75) is 13.0 Å². The van der Waals surface area contributed by atoms with Gasteiger partial charge >= 0.3 is 0 Å². The average molecular weight is 147 g/mol. The van der Waals surface area contributed by atoms with E-state index < -0.39 is 6.10 Å². The zero-order valence-electron chi connectivity index (χ0n) is 6.28. The number of aromatic nitrogens is 1. The van der Waals surface area contributed by atoms with Crippen LogP contribution in [0.4, 0.5) is 0 Å². The van der Waals surface area contributed by atoms with Crippen LogP contribution in [0.1, 0.15) is 12.5 Å². The fourth-order valence-electron chi connectivity index (χ4n) is 0.624. The number of hydrogen-bond acceptors (Lipinski definition) is 2. The largest absolute Gasteiger partial charge is 0.381 e. The summed E-state index contributed by atoms with van der Waals surface area (Å²) in [6.45, 7) is 1.63. The molecule has 2 heteroatoms. The lowest BCUT2D eigenvalue weighted by atomic mass is 10.3. The van der Waals surface area contributed by atoms with Gasteiger partial charge in [0.1, 0.15) is 6.10 Å². The second-order valence-corrected chi connectivity index (χ2v) is 2.19. The number of pyridine rings is 1. The van der Waals surface area contributed by atoms with Crippen LogP contribution in [0.5, 0.6) is 0 Å². The van der Waals surface area contributed by atoms with Gasteiger partial charge in [0.2, 0.25) is 0 Å². The molecule has 0 bridgehead atoms. The Morgan fingerprint density at radius 1 is 1.64 bits per heavy atom. The fourth-order valence-corrected chi connectivity index (χ4v) is 0.624. The topological polar surface area (TPSA) is 33.1 Å². The molecule has 0 aliphatic heterocycles. The summed E-state index contributed by atoms with van der Waals surface area (Å²) in [5, 5.41) is 8.82. The van der Waals surface area contributed by atoms with Gasteiger partial charge in [-0.3, -0.25) is 4.98 Å². The van der Waals surface area contributed by atoms with Gasteiger partial charge in [0.05, 0.1) is 0 Å². The smallest absolute Gasteiger partial charge is 0.112 e. The normalized spacial score (nSPS) is 11.5. The number of aliphatic hydroxyl groups is 1. The third-order valence-corrected chi connectivity index (χ3v) is 1.09. The van der Waals surface area contributed by atoms with E-state index >= 15 is 0 Å². The first-order chi connectivity index (χ1) is 5.29. The van der Waals surface area contributed by atoms with Crippen molar-refractivity contribution in [2.75, 3.05) is 0 Å². The van der Waals surface area contributed by atoms with E-state index in [1.807, 2.05) is 12.1 Å². The molecular weight excluding hydrogens is 138 g/mol. The van der Waals surface area contributed by atoms with Crippen molar-refractivity contribution in [2.24, 2.45) is 0 Å². The standard InChI is InChI=1S/C9H9NO/c1-8(11)4-5-9-3-2-6-10-7-9/h2-3,6-8,11H,1H3/t8-/m0/s1. The fraction of sp³-hybridized carbons (Fsp3) is 0.222. The van der Waals surface area contributed by atoms with E-state index in [1.165, 1.54) is 0 Å². The van der Waals surface area contributed by atoms with Gasteiger partial charge in [-0.25, -0.2) is 0 Å². The lowest BCUT2D eigenvalue weighted by Gasteiger charge is -1.88. The van der Waals surface area contributed by atoms with Gasteiger partial charge in [-0.1, -0.05) is 11.8 Å². The number of aliphatic hydroxyl groups excluding tert-OH is 1. The molecule has 2 nitrogen and oxygen atoms in total. The van der Waals surface area contributed by atoms with Gasteiger partial charge in [-0.15, -0.1) is 0 Å². The highest BCUT2D eigenvalue weighted by molar-refractivity contribution is 5.31. The Hall–Kier alpha value is -1.33. The summed E-state index contributed by atoms with van der Waals surface area (Å²) in [5.74, 6) is 5.41. The van der Waals surface area contributed by atoms with Gasteiger partial charge in [-0.05, 0) is 19.1 Å². The predicted octanol–water partition coefficient (Wildman–Crippen LogP) is 0.814. The first kappa shape index (κ1) is 7.77. The third-order valence-electron chi connectivity index (χ3n) is 1.09. The number of hydrogen-bond donors (Lipinski definition) is 1. The third kappa shape index (κ3) is 2.83. The van der Waals surface area contributed by atoms with E-state index in [4.69, 9.17) is 5.11 Å². The molecule has 0 unspecified atom stereocenters. The Kier molecular flexibility index (Phi) is 2.65. The Labute approximate surface area is 65.9 Å². The van der Waals surface area contributed by atoms with Crippen molar-refractivity contribution in [1.29, 1.82) is 0 Å². The molecule has 1 atom stereocenters. The van der Waals surface area contributed by atoms with Crippen molar-refractivity contribution < 1.29 is 5.11 Å². The summed E-state index contributed by atoms with van der Waals surface area (Å²) >= 11 is 0. The quantitative estimate of drug-likeness (QED) is 0.551. The lowest BCUT2D eigenvalue weighted by Crippen LogP contribution is -1.92. The minimum atomic E-state index is -0.574. The molecule has 1 heterocycles. The van der Waals surface area contributed by atoms with Gasteiger partial charge < -0.3 is 5.11 Å².